The molecule has 6 heavy (non-hydrogen) atoms. The van der Waals surface area contributed by atoms with Gasteiger partial charge in [0.05, 0.1) is 0 Å². The van der Waals surface area contributed by atoms with Crippen LogP contribution >= 0.6 is 0 Å². The second kappa shape index (κ2) is 58.0. The van der Waals surface area contributed by atoms with Crippen LogP contribution in [0.1, 0.15) is 0 Å². The summed E-state index contributed by atoms with van der Waals surface area (Å²) < 4.78 is 0. The van der Waals surface area contributed by atoms with Crippen molar-refractivity contribution in [3.63, 3.8) is 0 Å². The summed E-state index contributed by atoms with van der Waals surface area (Å²) in [5.41, 5.74) is 4.25. The average Bonchev–Trinajstić information content (AvgIpc) is 1.00. The molecule has 0 heterocycles. The Morgan fingerprint density at radius 3 is 0.833 bits per heavy atom. The van der Waals surface area contributed by atoms with Crippen LogP contribution in [0.25, 0.3) is 0 Å². The van der Waals surface area contributed by atoms with E-state index in [1.54, 1.807) is 0 Å². The van der Waals surface area contributed by atoms with Crippen LogP contribution in [0.5, 0.6) is 0 Å². The maximum atomic E-state index is 4.25. The number of hydrogen-bond acceptors (Lipinski definition) is 1. The molecule has 0 aliphatic rings. The summed E-state index contributed by atoms with van der Waals surface area (Å²) in [6, 6.07) is 0. The summed E-state index contributed by atoms with van der Waals surface area (Å²) in [4.78, 5) is 0. The standard InChI is InChI=1S/CH4N.2CH3.2Y/c1-2;;;;/h1-2H2;2*1H3;;/q3*-1;;. The van der Waals surface area contributed by atoms with E-state index >= 15 is 0 Å². The van der Waals surface area contributed by atoms with Gasteiger partial charge in [-0.25, -0.2) is 0 Å². The van der Waals surface area contributed by atoms with Gasteiger partial charge in [0.25, 0.3) is 0 Å². The van der Waals surface area contributed by atoms with Gasteiger partial charge in [-0.05, 0) is 0 Å². The minimum Gasteiger partial charge on any atom is -0.486 e. The molecule has 0 aromatic heterocycles. The molecule has 0 aliphatic carbocycles. The van der Waals surface area contributed by atoms with Gasteiger partial charge in [-0.3, -0.25) is 7.05 Å². The van der Waals surface area contributed by atoms with Crippen LogP contribution in [0, 0.1) is 21.9 Å². The van der Waals surface area contributed by atoms with Crippen LogP contribution < -0.4 is 5.73 Å². The first-order valence-corrected chi connectivity index (χ1v) is 0.408. The molecule has 0 atom stereocenters. The van der Waals surface area contributed by atoms with Crippen LogP contribution in [-0.4, -0.2) is 0 Å². The van der Waals surface area contributed by atoms with Crippen LogP contribution in [-0.2, 0) is 65.4 Å². The molecular weight excluding hydrogens is 228 g/mol. The molecule has 0 spiro atoms. The van der Waals surface area contributed by atoms with Crippen molar-refractivity contribution < 1.29 is 65.4 Å². The molecule has 0 saturated carbocycles. The van der Waals surface area contributed by atoms with Crippen LogP contribution in [0.15, 0.2) is 0 Å². The van der Waals surface area contributed by atoms with Crippen molar-refractivity contribution in [3.05, 3.63) is 21.9 Å². The first kappa shape index (κ1) is 41.8. The molecule has 0 aromatic rings. The van der Waals surface area contributed by atoms with E-state index in [-0.39, 0.29) is 80.3 Å². The maximum absolute atomic E-state index is 4.25. The molecule has 0 amide bonds. The molecule has 36 valence electrons. The Morgan fingerprint density at radius 2 is 0.833 bits per heavy atom. The Morgan fingerprint density at radius 1 is 0.833 bits per heavy atom. The summed E-state index contributed by atoms with van der Waals surface area (Å²) >= 11 is 0. The minimum atomic E-state index is 0. The monoisotopic (exact) mass is 238 g/mol. The molecule has 3 heteroatoms. The van der Waals surface area contributed by atoms with E-state index in [9.17, 15) is 0 Å². The summed E-state index contributed by atoms with van der Waals surface area (Å²) in [7, 11) is 2.75. The van der Waals surface area contributed by atoms with Gasteiger partial charge >= 0.3 is 0 Å². The Kier molecular flexibility index (Phi) is 404. The van der Waals surface area contributed by atoms with Crippen LogP contribution in [0.2, 0.25) is 0 Å². The van der Waals surface area contributed by atoms with Crippen molar-refractivity contribution >= 4 is 0 Å². The summed E-state index contributed by atoms with van der Waals surface area (Å²) in [5, 5.41) is 0. The SMILES string of the molecule is [CH2-]N.[CH3-].[CH3-].[Y].[Y]. The van der Waals surface area contributed by atoms with Crippen molar-refractivity contribution in [3.8, 4) is 0 Å². The smallest absolute Gasteiger partial charge is 0 e. The van der Waals surface area contributed by atoms with Crippen molar-refractivity contribution in [2.24, 2.45) is 5.73 Å². The van der Waals surface area contributed by atoms with Crippen molar-refractivity contribution in [1.82, 2.24) is 0 Å². The maximum Gasteiger partial charge on any atom is 0 e. The van der Waals surface area contributed by atoms with E-state index in [2.05, 4.69) is 12.8 Å². The van der Waals surface area contributed by atoms with Gasteiger partial charge < -0.3 is 20.6 Å². The van der Waals surface area contributed by atoms with E-state index in [0.717, 1.165) is 0 Å². The zero-order valence-electron chi connectivity index (χ0n) is 4.44. The molecule has 0 aromatic carbocycles. The zero-order chi connectivity index (χ0) is 2.00. The molecule has 0 bridgehead atoms. The molecule has 2 radical (unpaired) electrons. The third-order valence-corrected chi connectivity index (χ3v) is 0. The predicted molar refractivity (Wildman–Crippen MR) is 22.4 cm³/mol. The van der Waals surface area contributed by atoms with Crippen LogP contribution in [0.4, 0.5) is 0 Å². The van der Waals surface area contributed by atoms with E-state index in [4.69, 9.17) is 0 Å². The molecule has 0 unspecified atom stereocenters. The number of hydrogen-bond donors (Lipinski definition) is 1. The van der Waals surface area contributed by atoms with Gasteiger partial charge in [-0.2, -0.15) is 0 Å². The molecule has 0 saturated heterocycles. The molecule has 0 fully saturated rings. The van der Waals surface area contributed by atoms with Gasteiger partial charge in [0, 0.05) is 65.4 Å². The largest absolute Gasteiger partial charge is 0.486 e. The van der Waals surface area contributed by atoms with E-state index in [0.29, 0.717) is 0 Å². The first-order valence-electron chi connectivity index (χ1n) is 0.408. The number of nitrogens with two attached hydrogens (primary N) is 1. The molecule has 0 rings (SSSR count). The van der Waals surface area contributed by atoms with E-state index in [1.807, 2.05) is 0 Å². The average molecular weight is 238 g/mol. The normalized spacial score (nSPS) is 1.00. The van der Waals surface area contributed by atoms with Crippen molar-refractivity contribution in [1.29, 1.82) is 0 Å². The summed E-state index contributed by atoms with van der Waals surface area (Å²) in [5.74, 6) is 0. The molecule has 0 aliphatic heterocycles. The zero-order valence-corrected chi connectivity index (χ0v) is 10.1. The second-order valence-corrected chi connectivity index (χ2v) is 0. The van der Waals surface area contributed by atoms with Gasteiger partial charge in [0.1, 0.15) is 0 Å². The third-order valence-electron chi connectivity index (χ3n) is 0. The van der Waals surface area contributed by atoms with E-state index in [1.165, 1.54) is 0 Å². The van der Waals surface area contributed by atoms with Crippen LogP contribution in [0.3, 0.4) is 0 Å². The van der Waals surface area contributed by atoms with Gasteiger partial charge in [-0.1, -0.05) is 0 Å². The van der Waals surface area contributed by atoms with Gasteiger partial charge in [0.2, 0.25) is 0 Å². The Balaban J connectivity index is -0.000000000833. The molecular formula is C3H10NY2-3. The first-order chi connectivity index (χ1) is 1.00. The third kappa shape index (κ3) is 35.1. The topological polar surface area (TPSA) is 26.0 Å². The quantitative estimate of drug-likeness (QED) is 0.615. The Hall–Kier alpha value is 2.17. The fourth-order valence-corrected chi connectivity index (χ4v) is 0. The molecule has 1 nitrogen and oxygen atoms in total. The summed E-state index contributed by atoms with van der Waals surface area (Å²) in [6.07, 6.45) is 0. The van der Waals surface area contributed by atoms with E-state index < -0.39 is 0 Å². The minimum absolute atomic E-state index is 0. The molecule has 2 N–H and O–H groups in total. The predicted octanol–water partition coefficient (Wildman–Crippen LogP) is 0.632. The second-order valence-electron chi connectivity index (χ2n) is 0. The fraction of sp³-hybridized carbons (Fsp3) is 0. The summed E-state index contributed by atoms with van der Waals surface area (Å²) in [6.45, 7) is 0. The Bertz CT molecular complexity index is 8.75. The van der Waals surface area contributed by atoms with Crippen molar-refractivity contribution in [2.45, 2.75) is 0 Å². The number of rotatable bonds is 0. The van der Waals surface area contributed by atoms with Gasteiger partial charge in [0.15, 0.2) is 0 Å². The van der Waals surface area contributed by atoms with Gasteiger partial charge in [-0.15, -0.1) is 0 Å². The van der Waals surface area contributed by atoms with Crippen molar-refractivity contribution in [2.75, 3.05) is 0 Å². The Labute approximate surface area is 91.6 Å². The fourth-order valence-electron chi connectivity index (χ4n) is 0.